The Morgan fingerprint density at radius 2 is 1.89 bits per heavy atom. The molecule has 0 aliphatic rings. The lowest BCUT2D eigenvalue weighted by Gasteiger charge is -2.07. The summed E-state index contributed by atoms with van der Waals surface area (Å²) in [6, 6.07) is 6.38. The van der Waals surface area contributed by atoms with Crippen LogP contribution < -0.4 is 5.32 Å². The molecule has 98 valence electrons. The summed E-state index contributed by atoms with van der Waals surface area (Å²) in [5, 5.41) is 3.57. The molecule has 1 aromatic carbocycles. The first-order chi connectivity index (χ1) is 8.97. The largest absolute Gasteiger partial charge is 0.322 e. The molecule has 1 N–H and O–H groups in total. The van der Waals surface area contributed by atoms with Gasteiger partial charge in [0.2, 0.25) is 0 Å². The highest BCUT2D eigenvalue weighted by Crippen LogP contribution is 2.26. The average molecular weight is 380 g/mol. The van der Waals surface area contributed by atoms with Gasteiger partial charge in [-0.25, -0.2) is 4.98 Å². The van der Waals surface area contributed by atoms with E-state index >= 15 is 0 Å². The molecule has 0 spiro atoms. The molecule has 0 fully saturated rings. The zero-order chi connectivity index (χ0) is 14.0. The van der Waals surface area contributed by atoms with Crippen LogP contribution in [0.2, 0.25) is 15.2 Å². The minimum atomic E-state index is -0.378. The number of benzene rings is 1. The Bertz CT molecular complexity index is 649. The molecule has 2 aromatic rings. The van der Waals surface area contributed by atoms with Crippen molar-refractivity contribution in [2.75, 3.05) is 5.32 Å². The van der Waals surface area contributed by atoms with Crippen LogP contribution >= 0.6 is 50.7 Å². The number of nitrogens with zero attached hydrogens (tertiary/aromatic N) is 1. The Balaban J connectivity index is 2.25. The highest BCUT2D eigenvalue weighted by atomic mass is 79.9. The molecule has 0 unspecified atom stereocenters. The first-order valence-electron chi connectivity index (χ1n) is 5.05. The van der Waals surface area contributed by atoms with E-state index in [1.54, 1.807) is 24.3 Å². The van der Waals surface area contributed by atoms with Gasteiger partial charge in [-0.2, -0.15) is 0 Å². The summed E-state index contributed by atoms with van der Waals surface area (Å²) < 4.78 is 0.663. The van der Waals surface area contributed by atoms with Gasteiger partial charge in [-0.15, -0.1) is 0 Å². The van der Waals surface area contributed by atoms with Gasteiger partial charge in [-0.3, -0.25) is 4.79 Å². The molecule has 0 radical (unpaired) electrons. The molecule has 3 nitrogen and oxygen atoms in total. The number of carbonyl (C=O) groups excluding carboxylic acids is 1. The third-order valence-electron chi connectivity index (χ3n) is 2.23. The van der Waals surface area contributed by atoms with Crippen molar-refractivity contribution in [2.45, 2.75) is 0 Å². The summed E-state index contributed by atoms with van der Waals surface area (Å²) in [4.78, 5) is 15.9. The van der Waals surface area contributed by atoms with Crippen LogP contribution in [0.3, 0.4) is 0 Å². The van der Waals surface area contributed by atoms with Crippen LogP contribution in [0.25, 0.3) is 0 Å². The maximum absolute atomic E-state index is 12.1. The van der Waals surface area contributed by atoms with Crippen molar-refractivity contribution < 1.29 is 4.79 Å². The van der Waals surface area contributed by atoms with E-state index in [1.165, 1.54) is 6.20 Å². The van der Waals surface area contributed by atoms with Crippen LogP contribution in [0.15, 0.2) is 34.9 Å². The first-order valence-corrected chi connectivity index (χ1v) is 6.97. The molecule has 0 bridgehead atoms. The Hall–Kier alpha value is -0.810. The molecule has 1 aromatic heterocycles. The second-order valence-electron chi connectivity index (χ2n) is 3.57. The Labute approximate surface area is 133 Å². The van der Waals surface area contributed by atoms with Gasteiger partial charge in [-0.05, 0) is 40.2 Å². The SMILES string of the molecule is O=C(Nc1ccc(Cl)c(Cl)c1)c1cc(Br)cnc1Cl. The van der Waals surface area contributed by atoms with Crippen molar-refractivity contribution >= 4 is 62.3 Å². The van der Waals surface area contributed by atoms with Crippen LogP contribution in [0, 0.1) is 0 Å². The van der Waals surface area contributed by atoms with Crippen LogP contribution in [-0.4, -0.2) is 10.9 Å². The molecule has 19 heavy (non-hydrogen) atoms. The van der Waals surface area contributed by atoms with Crippen LogP contribution in [0.4, 0.5) is 5.69 Å². The second-order valence-corrected chi connectivity index (χ2v) is 5.66. The van der Waals surface area contributed by atoms with E-state index < -0.39 is 0 Å². The molecule has 0 aliphatic carbocycles. The number of hydrogen-bond acceptors (Lipinski definition) is 2. The predicted molar refractivity (Wildman–Crippen MR) is 81.4 cm³/mol. The predicted octanol–water partition coefficient (Wildman–Crippen LogP) is 5.06. The Kier molecular flexibility index (Phi) is 4.68. The molecule has 0 saturated heterocycles. The Morgan fingerprint density at radius 1 is 1.16 bits per heavy atom. The van der Waals surface area contributed by atoms with Gasteiger partial charge in [-0.1, -0.05) is 34.8 Å². The van der Waals surface area contributed by atoms with E-state index in [0.29, 0.717) is 20.2 Å². The second kappa shape index (κ2) is 6.09. The summed E-state index contributed by atoms with van der Waals surface area (Å²) in [6.07, 6.45) is 1.51. The standard InChI is InChI=1S/C12H6BrCl3N2O/c13-6-3-8(11(16)17-5-6)12(19)18-7-1-2-9(14)10(15)4-7/h1-5H,(H,18,19). The summed E-state index contributed by atoms with van der Waals surface area (Å²) in [5.41, 5.74) is 0.789. The molecule has 1 amide bonds. The van der Waals surface area contributed by atoms with Gasteiger partial charge in [0.1, 0.15) is 5.15 Å². The average Bonchev–Trinajstić information content (AvgIpc) is 2.36. The number of carbonyl (C=O) groups is 1. The maximum Gasteiger partial charge on any atom is 0.258 e. The molecule has 7 heteroatoms. The molecular formula is C12H6BrCl3N2O. The third-order valence-corrected chi connectivity index (χ3v) is 3.70. The molecule has 0 aliphatic heterocycles. The van der Waals surface area contributed by atoms with Crippen LogP contribution in [0.5, 0.6) is 0 Å². The van der Waals surface area contributed by atoms with Crippen molar-refractivity contribution in [3.63, 3.8) is 0 Å². The summed E-state index contributed by atoms with van der Waals surface area (Å²) in [6.45, 7) is 0. The summed E-state index contributed by atoms with van der Waals surface area (Å²) in [7, 11) is 0. The van der Waals surface area contributed by atoms with Gasteiger partial charge < -0.3 is 5.32 Å². The lowest BCUT2D eigenvalue weighted by atomic mass is 10.2. The minimum Gasteiger partial charge on any atom is -0.322 e. The maximum atomic E-state index is 12.1. The van der Waals surface area contributed by atoms with Crippen molar-refractivity contribution in [3.8, 4) is 0 Å². The van der Waals surface area contributed by atoms with Crippen molar-refractivity contribution in [3.05, 3.63) is 55.7 Å². The zero-order valence-corrected chi connectivity index (χ0v) is 13.1. The van der Waals surface area contributed by atoms with E-state index in [9.17, 15) is 4.79 Å². The number of rotatable bonds is 2. The van der Waals surface area contributed by atoms with Crippen molar-refractivity contribution in [1.29, 1.82) is 0 Å². The van der Waals surface area contributed by atoms with Crippen LogP contribution in [0.1, 0.15) is 10.4 Å². The monoisotopic (exact) mass is 378 g/mol. The first kappa shape index (κ1) is 14.6. The number of anilines is 1. The fourth-order valence-corrected chi connectivity index (χ4v) is 2.17. The summed E-state index contributed by atoms with van der Waals surface area (Å²) >= 11 is 20.8. The highest BCUT2D eigenvalue weighted by Gasteiger charge is 2.12. The van der Waals surface area contributed by atoms with Gasteiger partial charge in [0.15, 0.2) is 0 Å². The Morgan fingerprint density at radius 3 is 2.58 bits per heavy atom. The topological polar surface area (TPSA) is 42.0 Å². The van der Waals surface area contributed by atoms with E-state index in [-0.39, 0.29) is 16.6 Å². The molecule has 1 heterocycles. The fraction of sp³-hybridized carbons (Fsp3) is 0. The van der Waals surface area contributed by atoms with E-state index in [4.69, 9.17) is 34.8 Å². The molecule has 0 saturated carbocycles. The zero-order valence-electron chi connectivity index (χ0n) is 9.25. The minimum absolute atomic E-state index is 0.126. The highest BCUT2D eigenvalue weighted by molar-refractivity contribution is 9.10. The lowest BCUT2D eigenvalue weighted by Crippen LogP contribution is -2.13. The smallest absolute Gasteiger partial charge is 0.258 e. The number of amides is 1. The molecular weight excluding hydrogens is 374 g/mol. The quantitative estimate of drug-likeness (QED) is 0.740. The van der Waals surface area contributed by atoms with Gasteiger partial charge in [0, 0.05) is 16.4 Å². The molecule has 2 rings (SSSR count). The molecule has 0 atom stereocenters. The number of aromatic nitrogens is 1. The van der Waals surface area contributed by atoms with Gasteiger partial charge in [0.25, 0.3) is 5.91 Å². The van der Waals surface area contributed by atoms with E-state index in [1.807, 2.05) is 0 Å². The number of pyridine rings is 1. The summed E-state index contributed by atoms with van der Waals surface area (Å²) in [5.74, 6) is -0.378. The number of hydrogen-bond donors (Lipinski definition) is 1. The lowest BCUT2D eigenvalue weighted by molar-refractivity contribution is 0.102. The van der Waals surface area contributed by atoms with Gasteiger partial charge >= 0.3 is 0 Å². The van der Waals surface area contributed by atoms with Gasteiger partial charge in [0.05, 0.1) is 15.6 Å². The van der Waals surface area contributed by atoms with Crippen LogP contribution in [-0.2, 0) is 0 Å². The van der Waals surface area contributed by atoms with E-state index in [0.717, 1.165) is 0 Å². The van der Waals surface area contributed by atoms with Crippen molar-refractivity contribution in [1.82, 2.24) is 4.98 Å². The van der Waals surface area contributed by atoms with E-state index in [2.05, 4.69) is 26.2 Å². The number of halogens is 4. The fourth-order valence-electron chi connectivity index (χ4n) is 1.35. The third kappa shape index (κ3) is 3.60. The van der Waals surface area contributed by atoms with Crippen molar-refractivity contribution in [2.24, 2.45) is 0 Å². The number of nitrogens with one attached hydrogen (secondary N) is 1. The normalized spacial score (nSPS) is 10.3.